The molecule has 14 heavy (non-hydrogen) atoms. The summed E-state index contributed by atoms with van der Waals surface area (Å²) in [6.45, 7) is 8.60. The molecule has 0 bridgehead atoms. The van der Waals surface area contributed by atoms with Gasteiger partial charge in [0.15, 0.2) is 0 Å². The van der Waals surface area contributed by atoms with Crippen LogP contribution >= 0.6 is 0 Å². The van der Waals surface area contributed by atoms with Gasteiger partial charge in [0.05, 0.1) is 6.10 Å². The predicted molar refractivity (Wildman–Crippen MR) is 61.1 cm³/mol. The molecule has 80 valence electrons. The summed E-state index contributed by atoms with van der Waals surface area (Å²) in [5.74, 6) is 0.492. The first-order valence-electron chi connectivity index (χ1n) is 5.46. The van der Waals surface area contributed by atoms with E-state index in [0.29, 0.717) is 11.3 Å². The number of allylic oxidation sites excluding steroid dienone is 3. The molecule has 1 aliphatic carbocycles. The molecule has 0 fully saturated rings. The van der Waals surface area contributed by atoms with Crippen molar-refractivity contribution in [1.82, 2.24) is 0 Å². The minimum absolute atomic E-state index is 0.333. The highest BCUT2D eigenvalue weighted by Crippen LogP contribution is 2.41. The zero-order valence-electron chi connectivity index (χ0n) is 9.75. The van der Waals surface area contributed by atoms with Crippen molar-refractivity contribution in [3.8, 4) is 0 Å². The summed E-state index contributed by atoms with van der Waals surface area (Å²) in [4.78, 5) is 0. The topological polar surface area (TPSA) is 20.2 Å². The van der Waals surface area contributed by atoms with E-state index in [1.807, 2.05) is 6.08 Å². The molecule has 0 amide bonds. The van der Waals surface area contributed by atoms with Crippen LogP contribution in [0.2, 0.25) is 0 Å². The van der Waals surface area contributed by atoms with E-state index in [2.05, 4.69) is 32.9 Å². The van der Waals surface area contributed by atoms with E-state index in [1.54, 1.807) is 6.92 Å². The van der Waals surface area contributed by atoms with Gasteiger partial charge in [0.1, 0.15) is 0 Å². The first-order valence-corrected chi connectivity index (χ1v) is 5.46. The lowest BCUT2D eigenvalue weighted by Gasteiger charge is -2.36. The Morgan fingerprint density at radius 3 is 2.71 bits per heavy atom. The van der Waals surface area contributed by atoms with Gasteiger partial charge in [-0.05, 0) is 32.1 Å². The molecule has 0 aromatic heterocycles. The van der Waals surface area contributed by atoms with Crippen molar-refractivity contribution in [3.63, 3.8) is 0 Å². The molecule has 1 N–H and O–H groups in total. The first-order chi connectivity index (χ1) is 6.43. The van der Waals surface area contributed by atoms with Gasteiger partial charge in [0, 0.05) is 5.92 Å². The smallest absolute Gasteiger partial charge is 0.0692 e. The lowest BCUT2D eigenvalue weighted by Crippen LogP contribution is -2.26. The molecule has 0 aliphatic heterocycles. The summed E-state index contributed by atoms with van der Waals surface area (Å²) in [7, 11) is 0. The molecule has 0 aromatic carbocycles. The average Bonchev–Trinajstić information content (AvgIpc) is 2.01. The third-order valence-electron chi connectivity index (χ3n) is 3.17. The second-order valence-corrected chi connectivity index (χ2v) is 5.08. The van der Waals surface area contributed by atoms with Crippen molar-refractivity contribution in [3.05, 3.63) is 23.8 Å². The highest BCUT2D eigenvalue weighted by Gasteiger charge is 2.30. The maximum Gasteiger partial charge on any atom is 0.0692 e. The molecule has 0 heterocycles. The second kappa shape index (κ2) is 4.31. The molecule has 0 radical (unpaired) electrons. The number of aliphatic hydroxyl groups is 1. The van der Waals surface area contributed by atoms with Crippen LogP contribution in [0.15, 0.2) is 23.8 Å². The molecule has 0 saturated carbocycles. The van der Waals surface area contributed by atoms with Gasteiger partial charge >= 0.3 is 0 Å². The third-order valence-corrected chi connectivity index (χ3v) is 3.17. The highest BCUT2D eigenvalue weighted by atomic mass is 16.3. The van der Waals surface area contributed by atoms with Crippen molar-refractivity contribution >= 4 is 0 Å². The Hall–Kier alpha value is -0.560. The van der Waals surface area contributed by atoms with Crippen LogP contribution in [0, 0.1) is 11.3 Å². The first kappa shape index (κ1) is 11.5. The maximum atomic E-state index is 9.23. The molecule has 0 spiro atoms. The van der Waals surface area contributed by atoms with Crippen molar-refractivity contribution in [1.29, 1.82) is 0 Å². The summed E-state index contributed by atoms with van der Waals surface area (Å²) < 4.78 is 0. The van der Waals surface area contributed by atoms with Crippen molar-refractivity contribution in [2.45, 2.75) is 46.6 Å². The molecule has 1 heteroatoms. The van der Waals surface area contributed by atoms with Crippen LogP contribution in [-0.2, 0) is 0 Å². The Morgan fingerprint density at radius 2 is 2.21 bits per heavy atom. The fourth-order valence-corrected chi connectivity index (χ4v) is 2.25. The van der Waals surface area contributed by atoms with Crippen LogP contribution in [0.5, 0.6) is 0 Å². The van der Waals surface area contributed by atoms with E-state index in [0.717, 1.165) is 0 Å². The molecule has 0 saturated heterocycles. The number of rotatable bonds is 2. The minimum atomic E-state index is -0.333. The minimum Gasteiger partial charge on any atom is -0.389 e. The highest BCUT2D eigenvalue weighted by molar-refractivity contribution is 5.19. The Balaban J connectivity index is 2.81. The standard InChI is InChI=1S/C13H22O/c1-10-6-5-9-13(3,4)12(10)8-7-11(2)14/h6-8,11-12,14H,5,9H2,1-4H3/b8-7-/t11-,12+/m0/s1. The van der Waals surface area contributed by atoms with Crippen molar-refractivity contribution < 1.29 is 5.11 Å². The predicted octanol–water partition coefficient (Wildman–Crippen LogP) is 3.31. The zero-order valence-corrected chi connectivity index (χ0v) is 9.75. The van der Waals surface area contributed by atoms with Crippen molar-refractivity contribution in [2.75, 3.05) is 0 Å². The van der Waals surface area contributed by atoms with Crippen LogP contribution in [0.3, 0.4) is 0 Å². The van der Waals surface area contributed by atoms with Crippen LogP contribution in [0.4, 0.5) is 0 Å². The zero-order chi connectivity index (χ0) is 10.8. The van der Waals surface area contributed by atoms with Crippen LogP contribution in [-0.4, -0.2) is 11.2 Å². The number of hydrogen-bond acceptors (Lipinski definition) is 1. The average molecular weight is 194 g/mol. The summed E-state index contributed by atoms with van der Waals surface area (Å²) in [6.07, 6.45) is 8.48. The molecule has 1 nitrogen and oxygen atoms in total. The maximum absolute atomic E-state index is 9.23. The van der Waals surface area contributed by atoms with Gasteiger partial charge in [-0.15, -0.1) is 0 Å². The Kier molecular flexibility index (Phi) is 3.54. The molecule has 0 unspecified atom stereocenters. The lowest BCUT2D eigenvalue weighted by molar-refractivity contribution is 0.234. The summed E-state index contributed by atoms with van der Waals surface area (Å²) in [6, 6.07) is 0. The van der Waals surface area contributed by atoms with Gasteiger partial charge in [-0.2, -0.15) is 0 Å². The Bertz CT molecular complexity index is 246. The van der Waals surface area contributed by atoms with E-state index in [-0.39, 0.29) is 6.10 Å². The third kappa shape index (κ3) is 2.71. The van der Waals surface area contributed by atoms with Gasteiger partial charge in [-0.25, -0.2) is 0 Å². The van der Waals surface area contributed by atoms with Crippen LogP contribution in [0.25, 0.3) is 0 Å². The molecule has 1 aliphatic rings. The van der Waals surface area contributed by atoms with E-state index >= 15 is 0 Å². The van der Waals surface area contributed by atoms with E-state index in [9.17, 15) is 5.11 Å². The molecule has 2 atom stereocenters. The number of aliphatic hydroxyl groups excluding tert-OH is 1. The molecular formula is C13H22O. The fourth-order valence-electron chi connectivity index (χ4n) is 2.25. The summed E-state index contributed by atoms with van der Waals surface area (Å²) in [5, 5.41) is 9.23. The van der Waals surface area contributed by atoms with Gasteiger partial charge in [0.25, 0.3) is 0 Å². The Labute approximate surface area is 87.5 Å². The van der Waals surface area contributed by atoms with Gasteiger partial charge in [-0.1, -0.05) is 37.6 Å². The van der Waals surface area contributed by atoms with Gasteiger partial charge < -0.3 is 5.11 Å². The normalized spacial score (nSPS) is 28.9. The van der Waals surface area contributed by atoms with Crippen molar-refractivity contribution in [2.24, 2.45) is 11.3 Å². The van der Waals surface area contributed by atoms with E-state index in [4.69, 9.17) is 0 Å². The number of hydrogen-bond donors (Lipinski definition) is 1. The van der Waals surface area contributed by atoms with E-state index < -0.39 is 0 Å². The van der Waals surface area contributed by atoms with Gasteiger partial charge in [-0.3, -0.25) is 0 Å². The SMILES string of the molecule is CC1=CCCC(C)(C)[C@@H]1/C=C\[C@H](C)O. The summed E-state index contributed by atoms with van der Waals surface area (Å²) in [5.41, 5.74) is 1.78. The summed E-state index contributed by atoms with van der Waals surface area (Å²) >= 11 is 0. The van der Waals surface area contributed by atoms with Gasteiger partial charge in [0.2, 0.25) is 0 Å². The lowest BCUT2D eigenvalue weighted by atomic mass is 9.68. The Morgan fingerprint density at radius 1 is 1.57 bits per heavy atom. The molecule has 1 rings (SSSR count). The van der Waals surface area contributed by atoms with E-state index in [1.165, 1.54) is 18.4 Å². The molecule has 0 aromatic rings. The van der Waals surface area contributed by atoms with Crippen LogP contribution in [0.1, 0.15) is 40.5 Å². The largest absolute Gasteiger partial charge is 0.389 e. The van der Waals surface area contributed by atoms with Crippen LogP contribution < -0.4 is 0 Å². The second-order valence-electron chi connectivity index (χ2n) is 5.08. The quantitative estimate of drug-likeness (QED) is 0.669. The fraction of sp³-hybridized carbons (Fsp3) is 0.692. The monoisotopic (exact) mass is 194 g/mol. The molecular weight excluding hydrogens is 172 g/mol.